The minimum atomic E-state index is 0.424. The molecule has 0 aliphatic carbocycles. The lowest BCUT2D eigenvalue weighted by Gasteiger charge is -2.15. The van der Waals surface area contributed by atoms with Crippen LogP contribution >= 0.6 is 0 Å². The number of hydrogen-bond donors (Lipinski definition) is 1. The predicted molar refractivity (Wildman–Crippen MR) is 79.8 cm³/mol. The van der Waals surface area contributed by atoms with Crippen molar-refractivity contribution >= 4 is 10.8 Å². The SMILES string of the molecule is CC(C)CCNC(C)c1ccc2ccccc2c1. The molecule has 2 rings (SSSR count). The normalized spacial score (nSPS) is 13.1. The highest BCUT2D eigenvalue weighted by atomic mass is 14.9. The molecule has 1 unspecified atom stereocenters. The molecule has 0 aliphatic heterocycles. The first-order valence-corrected chi connectivity index (χ1v) is 6.89. The van der Waals surface area contributed by atoms with Crippen LogP contribution < -0.4 is 5.32 Å². The molecule has 1 N–H and O–H groups in total. The standard InChI is InChI=1S/C17H23N/c1-13(2)10-11-18-14(3)16-9-8-15-6-4-5-7-17(15)12-16/h4-9,12-14,18H,10-11H2,1-3H3. The molecule has 0 radical (unpaired) electrons. The Balaban J connectivity index is 2.06. The third-order valence-electron chi connectivity index (χ3n) is 3.45. The van der Waals surface area contributed by atoms with Crippen molar-refractivity contribution < 1.29 is 0 Å². The van der Waals surface area contributed by atoms with Crippen LogP contribution in [0, 0.1) is 5.92 Å². The molecule has 0 spiro atoms. The van der Waals surface area contributed by atoms with Crippen molar-refractivity contribution in [1.82, 2.24) is 5.32 Å². The van der Waals surface area contributed by atoms with Gasteiger partial charge >= 0.3 is 0 Å². The Kier molecular flexibility index (Phi) is 4.38. The summed E-state index contributed by atoms with van der Waals surface area (Å²) in [7, 11) is 0. The van der Waals surface area contributed by atoms with Crippen LogP contribution in [-0.2, 0) is 0 Å². The van der Waals surface area contributed by atoms with E-state index in [1.54, 1.807) is 0 Å². The van der Waals surface area contributed by atoms with Crippen molar-refractivity contribution in [2.45, 2.75) is 33.2 Å². The van der Waals surface area contributed by atoms with Gasteiger partial charge in [0.15, 0.2) is 0 Å². The lowest BCUT2D eigenvalue weighted by Crippen LogP contribution is -2.20. The molecule has 96 valence electrons. The summed E-state index contributed by atoms with van der Waals surface area (Å²) in [4.78, 5) is 0. The van der Waals surface area contributed by atoms with E-state index in [-0.39, 0.29) is 0 Å². The molecule has 2 aromatic rings. The van der Waals surface area contributed by atoms with E-state index in [1.165, 1.54) is 22.8 Å². The highest BCUT2D eigenvalue weighted by Gasteiger charge is 2.05. The van der Waals surface area contributed by atoms with E-state index in [1.807, 2.05) is 0 Å². The van der Waals surface area contributed by atoms with Crippen LogP contribution in [0.4, 0.5) is 0 Å². The van der Waals surface area contributed by atoms with Gasteiger partial charge in [0.2, 0.25) is 0 Å². The smallest absolute Gasteiger partial charge is 0.0292 e. The number of nitrogens with one attached hydrogen (secondary N) is 1. The van der Waals surface area contributed by atoms with Crippen LogP contribution in [-0.4, -0.2) is 6.54 Å². The van der Waals surface area contributed by atoms with Gasteiger partial charge < -0.3 is 5.32 Å². The summed E-state index contributed by atoms with van der Waals surface area (Å²) in [5, 5.41) is 6.24. The quantitative estimate of drug-likeness (QED) is 0.810. The van der Waals surface area contributed by atoms with Crippen LogP contribution in [0.15, 0.2) is 42.5 Å². The van der Waals surface area contributed by atoms with Gasteiger partial charge in [-0.05, 0) is 48.2 Å². The second-order valence-corrected chi connectivity index (χ2v) is 5.46. The molecule has 1 atom stereocenters. The van der Waals surface area contributed by atoms with E-state index in [4.69, 9.17) is 0 Å². The van der Waals surface area contributed by atoms with E-state index in [0.29, 0.717) is 6.04 Å². The molecule has 1 heteroatoms. The van der Waals surface area contributed by atoms with Crippen LogP contribution in [0.5, 0.6) is 0 Å². The largest absolute Gasteiger partial charge is 0.310 e. The Morgan fingerprint density at radius 1 is 0.944 bits per heavy atom. The summed E-state index contributed by atoms with van der Waals surface area (Å²) in [5.74, 6) is 0.765. The first kappa shape index (κ1) is 13.1. The molecule has 0 saturated heterocycles. The van der Waals surface area contributed by atoms with E-state index in [9.17, 15) is 0 Å². The lowest BCUT2D eigenvalue weighted by molar-refractivity contribution is 0.497. The Morgan fingerprint density at radius 2 is 1.67 bits per heavy atom. The molecule has 0 saturated carbocycles. The highest BCUT2D eigenvalue weighted by molar-refractivity contribution is 5.83. The topological polar surface area (TPSA) is 12.0 Å². The van der Waals surface area contributed by atoms with Gasteiger partial charge in [-0.3, -0.25) is 0 Å². The Morgan fingerprint density at radius 3 is 2.39 bits per heavy atom. The number of benzene rings is 2. The van der Waals surface area contributed by atoms with Crippen molar-refractivity contribution in [2.24, 2.45) is 5.92 Å². The van der Waals surface area contributed by atoms with Crippen LogP contribution in [0.3, 0.4) is 0 Å². The molecule has 0 heterocycles. The summed E-state index contributed by atoms with van der Waals surface area (Å²) >= 11 is 0. The van der Waals surface area contributed by atoms with Crippen LogP contribution in [0.1, 0.15) is 38.8 Å². The summed E-state index contributed by atoms with van der Waals surface area (Å²) in [6.45, 7) is 7.86. The maximum absolute atomic E-state index is 3.59. The zero-order valence-corrected chi connectivity index (χ0v) is 11.6. The fourth-order valence-corrected chi connectivity index (χ4v) is 2.18. The van der Waals surface area contributed by atoms with Gasteiger partial charge in [0, 0.05) is 6.04 Å². The maximum Gasteiger partial charge on any atom is 0.0292 e. The second-order valence-electron chi connectivity index (χ2n) is 5.46. The molecule has 0 amide bonds. The number of rotatable bonds is 5. The molecule has 18 heavy (non-hydrogen) atoms. The summed E-state index contributed by atoms with van der Waals surface area (Å²) < 4.78 is 0. The minimum Gasteiger partial charge on any atom is -0.310 e. The molecular formula is C17H23N. The zero-order valence-electron chi connectivity index (χ0n) is 11.6. The van der Waals surface area contributed by atoms with Crippen molar-refractivity contribution in [1.29, 1.82) is 0 Å². The van der Waals surface area contributed by atoms with Gasteiger partial charge in [-0.15, -0.1) is 0 Å². The second kappa shape index (κ2) is 6.01. The fraction of sp³-hybridized carbons (Fsp3) is 0.412. The third kappa shape index (κ3) is 3.33. The monoisotopic (exact) mass is 241 g/mol. The van der Waals surface area contributed by atoms with E-state index in [2.05, 4.69) is 68.6 Å². The Hall–Kier alpha value is -1.34. The number of hydrogen-bond acceptors (Lipinski definition) is 1. The molecular weight excluding hydrogens is 218 g/mol. The summed E-state index contributed by atoms with van der Waals surface area (Å²) in [6, 6.07) is 15.7. The van der Waals surface area contributed by atoms with Gasteiger partial charge in [-0.1, -0.05) is 50.2 Å². The molecule has 1 nitrogen and oxygen atoms in total. The minimum absolute atomic E-state index is 0.424. The zero-order chi connectivity index (χ0) is 13.0. The first-order chi connectivity index (χ1) is 8.66. The van der Waals surface area contributed by atoms with Crippen molar-refractivity contribution in [2.75, 3.05) is 6.54 Å². The van der Waals surface area contributed by atoms with E-state index < -0.39 is 0 Å². The molecule has 0 fully saturated rings. The summed E-state index contributed by atoms with van der Waals surface area (Å²) in [6.07, 6.45) is 1.23. The average Bonchev–Trinajstić information content (AvgIpc) is 2.37. The predicted octanol–water partition coefficient (Wildman–Crippen LogP) is 4.54. The molecule has 2 aromatic carbocycles. The van der Waals surface area contributed by atoms with Gasteiger partial charge in [0.05, 0.1) is 0 Å². The highest BCUT2D eigenvalue weighted by Crippen LogP contribution is 2.20. The third-order valence-corrected chi connectivity index (χ3v) is 3.45. The Labute approximate surface area is 110 Å². The lowest BCUT2D eigenvalue weighted by atomic mass is 10.0. The molecule has 0 aromatic heterocycles. The number of fused-ring (bicyclic) bond motifs is 1. The molecule has 0 bridgehead atoms. The Bertz CT molecular complexity index is 502. The first-order valence-electron chi connectivity index (χ1n) is 6.89. The van der Waals surface area contributed by atoms with Crippen molar-refractivity contribution in [3.8, 4) is 0 Å². The van der Waals surface area contributed by atoms with Crippen LogP contribution in [0.25, 0.3) is 10.8 Å². The van der Waals surface area contributed by atoms with E-state index >= 15 is 0 Å². The summed E-state index contributed by atoms with van der Waals surface area (Å²) in [5.41, 5.74) is 1.37. The maximum atomic E-state index is 3.59. The van der Waals surface area contributed by atoms with Crippen LogP contribution in [0.2, 0.25) is 0 Å². The van der Waals surface area contributed by atoms with E-state index in [0.717, 1.165) is 12.5 Å². The van der Waals surface area contributed by atoms with Crippen molar-refractivity contribution in [3.63, 3.8) is 0 Å². The van der Waals surface area contributed by atoms with Gasteiger partial charge in [0.1, 0.15) is 0 Å². The van der Waals surface area contributed by atoms with Crippen molar-refractivity contribution in [3.05, 3.63) is 48.0 Å². The van der Waals surface area contributed by atoms with Gasteiger partial charge in [-0.25, -0.2) is 0 Å². The van der Waals surface area contributed by atoms with Gasteiger partial charge in [0.25, 0.3) is 0 Å². The van der Waals surface area contributed by atoms with Gasteiger partial charge in [-0.2, -0.15) is 0 Å². The molecule has 0 aliphatic rings. The fourth-order valence-electron chi connectivity index (χ4n) is 2.18. The average molecular weight is 241 g/mol.